The van der Waals surface area contributed by atoms with Gasteiger partial charge in [-0.15, -0.1) is 0 Å². The minimum Gasteiger partial charge on any atom is -0.394 e. The summed E-state index contributed by atoms with van der Waals surface area (Å²) >= 11 is 6.10. The van der Waals surface area contributed by atoms with Crippen molar-refractivity contribution in [2.75, 3.05) is 26.2 Å². The number of hydrogen-bond donors (Lipinski definition) is 2. The summed E-state index contributed by atoms with van der Waals surface area (Å²) in [6.45, 7) is 3.43. The highest BCUT2D eigenvalue weighted by molar-refractivity contribution is 6.31. The summed E-state index contributed by atoms with van der Waals surface area (Å²) in [5, 5.41) is 13.8. The predicted molar refractivity (Wildman–Crippen MR) is 86.5 cm³/mol. The van der Waals surface area contributed by atoms with Crippen molar-refractivity contribution in [3.8, 4) is 0 Å². The van der Waals surface area contributed by atoms with Gasteiger partial charge < -0.3 is 10.4 Å². The first-order valence-corrected chi connectivity index (χ1v) is 8.51. The number of benzene rings is 1. The van der Waals surface area contributed by atoms with Crippen LogP contribution in [0.25, 0.3) is 0 Å². The zero-order valence-corrected chi connectivity index (χ0v) is 13.6. The van der Waals surface area contributed by atoms with Crippen molar-refractivity contribution >= 4 is 11.6 Å². The van der Waals surface area contributed by atoms with Crippen LogP contribution in [0.1, 0.15) is 31.2 Å². The highest BCUT2D eigenvalue weighted by atomic mass is 35.5. The highest BCUT2D eigenvalue weighted by Gasteiger charge is 2.35. The summed E-state index contributed by atoms with van der Waals surface area (Å²) in [6, 6.07) is 4.83. The van der Waals surface area contributed by atoms with Gasteiger partial charge in [-0.05, 0) is 50.3 Å². The third kappa shape index (κ3) is 3.80. The topological polar surface area (TPSA) is 35.5 Å². The van der Waals surface area contributed by atoms with Crippen molar-refractivity contribution < 1.29 is 9.50 Å². The number of aliphatic hydroxyl groups excluding tert-OH is 1. The molecule has 5 heteroatoms. The lowest BCUT2D eigenvalue weighted by Gasteiger charge is -2.41. The monoisotopic (exact) mass is 326 g/mol. The molecule has 0 aromatic heterocycles. The molecule has 0 radical (unpaired) electrons. The lowest BCUT2D eigenvalue weighted by atomic mass is 9.88. The summed E-state index contributed by atoms with van der Waals surface area (Å²) in [5.41, 5.74) is 0.421. The minimum absolute atomic E-state index is 0.155. The fourth-order valence-electron chi connectivity index (χ4n) is 3.12. The molecule has 22 heavy (non-hydrogen) atoms. The Morgan fingerprint density at radius 2 is 2.05 bits per heavy atom. The van der Waals surface area contributed by atoms with E-state index in [9.17, 15) is 9.50 Å². The first-order chi connectivity index (χ1) is 10.6. The van der Waals surface area contributed by atoms with Gasteiger partial charge in [0.25, 0.3) is 0 Å². The lowest BCUT2D eigenvalue weighted by molar-refractivity contribution is 0.0743. The molecule has 1 aliphatic heterocycles. The normalized spacial score (nSPS) is 22.0. The smallest absolute Gasteiger partial charge is 0.129 e. The van der Waals surface area contributed by atoms with Crippen molar-refractivity contribution in [1.82, 2.24) is 10.2 Å². The van der Waals surface area contributed by atoms with E-state index in [0.29, 0.717) is 17.1 Å². The van der Waals surface area contributed by atoms with Crippen LogP contribution < -0.4 is 5.32 Å². The number of hydrogen-bond acceptors (Lipinski definition) is 3. The molecule has 2 fully saturated rings. The van der Waals surface area contributed by atoms with Crippen LogP contribution in [-0.2, 0) is 6.54 Å². The Hall–Kier alpha value is -0.680. The molecule has 0 amide bonds. The zero-order valence-electron chi connectivity index (χ0n) is 12.8. The molecular formula is C17H24ClFN2O. The molecule has 1 aromatic rings. The summed E-state index contributed by atoms with van der Waals surface area (Å²) < 4.78 is 13.9. The van der Waals surface area contributed by atoms with Crippen molar-refractivity contribution in [1.29, 1.82) is 0 Å². The van der Waals surface area contributed by atoms with Crippen LogP contribution in [0, 0.1) is 11.7 Å². The van der Waals surface area contributed by atoms with Crippen molar-refractivity contribution in [3.63, 3.8) is 0 Å². The Balaban J connectivity index is 1.56. The van der Waals surface area contributed by atoms with Gasteiger partial charge in [0.15, 0.2) is 0 Å². The van der Waals surface area contributed by atoms with Gasteiger partial charge in [0.2, 0.25) is 0 Å². The second-order valence-electron chi connectivity index (χ2n) is 6.74. The fourth-order valence-corrected chi connectivity index (χ4v) is 3.34. The van der Waals surface area contributed by atoms with E-state index in [1.165, 1.54) is 18.9 Å². The van der Waals surface area contributed by atoms with Gasteiger partial charge >= 0.3 is 0 Å². The second kappa shape index (κ2) is 6.83. The average Bonchev–Trinajstić information content (AvgIpc) is 3.35. The molecule has 0 bridgehead atoms. The van der Waals surface area contributed by atoms with Crippen LogP contribution in [0.4, 0.5) is 4.39 Å². The maximum Gasteiger partial charge on any atom is 0.129 e. The van der Waals surface area contributed by atoms with Gasteiger partial charge in [-0.3, -0.25) is 4.90 Å². The van der Waals surface area contributed by atoms with E-state index in [2.05, 4.69) is 10.2 Å². The Morgan fingerprint density at radius 1 is 1.32 bits per heavy atom. The van der Waals surface area contributed by atoms with Gasteiger partial charge in [0.05, 0.1) is 6.61 Å². The standard InChI is InChI=1S/C17H24ClFN2O/c18-15-2-1-3-16(19)14(15)11-21-8-6-17(12-22,7-9-21)20-10-13-4-5-13/h1-3,13,20,22H,4-12H2. The van der Waals surface area contributed by atoms with E-state index in [0.717, 1.165) is 38.4 Å². The summed E-state index contributed by atoms with van der Waals surface area (Å²) in [7, 11) is 0. The molecule has 1 saturated heterocycles. The molecule has 0 atom stereocenters. The molecule has 3 rings (SSSR count). The van der Waals surface area contributed by atoms with Crippen molar-refractivity contribution in [2.45, 2.75) is 37.8 Å². The minimum atomic E-state index is -0.238. The van der Waals surface area contributed by atoms with Crippen LogP contribution >= 0.6 is 11.6 Å². The lowest BCUT2D eigenvalue weighted by Crippen LogP contribution is -2.56. The van der Waals surface area contributed by atoms with E-state index in [1.54, 1.807) is 12.1 Å². The van der Waals surface area contributed by atoms with Gasteiger partial charge in [0, 0.05) is 35.8 Å². The first-order valence-electron chi connectivity index (χ1n) is 8.13. The molecule has 1 aromatic carbocycles. The van der Waals surface area contributed by atoms with Gasteiger partial charge in [-0.25, -0.2) is 4.39 Å². The Kier molecular flexibility index (Phi) is 5.03. The number of rotatable bonds is 6. The van der Waals surface area contributed by atoms with Crippen LogP contribution in [0.15, 0.2) is 18.2 Å². The van der Waals surface area contributed by atoms with Crippen LogP contribution in [0.3, 0.4) is 0 Å². The Morgan fingerprint density at radius 3 is 2.64 bits per heavy atom. The van der Waals surface area contributed by atoms with Crippen LogP contribution in [0.2, 0.25) is 5.02 Å². The Labute approximate surface area is 136 Å². The summed E-state index contributed by atoms with van der Waals surface area (Å²) in [5.74, 6) is 0.567. The third-order valence-electron chi connectivity index (χ3n) is 5.02. The maximum absolute atomic E-state index is 13.9. The number of aliphatic hydroxyl groups is 1. The average molecular weight is 327 g/mol. The van der Waals surface area contributed by atoms with Crippen molar-refractivity contribution in [2.24, 2.45) is 5.92 Å². The third-order valence-corrected chi connectivity index (χ3v) is 5.38. The van der Waals surface area contributed by atoms with Crippen LogP contribution in [0.5, 0.6) is 0 Å². The van der Waals surface area contributed by atoms with Gasteiger partial charge in [0.1, 0.15) is 5.82 Å². The highest BCUT2D eigenvalue weighted by Crippen LogP contribution is 2.31. The fraction of sp³-hybridized carbons (Fsp3) is 0.647. The largest absolute Gasteiger partial charge is 0.394 e. The SMILES string of the molecule is OCC1(NCC2CC2)CCN(Cc2c(F)cccc2Cl)CC1. The van der Waals surface area contributed by atoms with Gasteiger partial charge in [-0.1, -0.05) is 17.7 Å². The molecule has 0 unspecified atom stereocenters. The number of nitrogens with zero attached hydrogens (tertiary/aromatic N) is 1. The van der Waals surface area contributed by atoms with Crippen molar-refractivity contribution in [3.05, 3.63) is 34.6 Å². The first kappa shape index (κ1) is 16.2. The summed E-state index contributed by atoms with van der Waals surface area (Å²) in [4.78, 5) is 2.22. The second-order valence-corrected chi connectivity index (χ2v) is 7.15. The number of nitrogens with one attached hydrogen (secondary N) is 1. The molecule has 1 aliphatic carbocycles. The van der Waals surface area contributed by atoms with E-state index in [4.69, 9.17) is 11.6 Å². The van der Waals surface area contributed by atoms with Gasteiger partial charge in [-0.2, -0.15) is 0 Å². The van der Waals surface area contributed by atoms with Crippen LogP contribution in [-0.4, -0.2) is 41.8 Å². The maximum atomic E-state index is 13.9. The quantitative estimate of drug-likeness (QED) is 0.844. The summed E-state index contributed by atoms with van der Waals surface area (Å²) in [6.07, 6.45) is 4.41. The number of halogens is 2. The molecule has 3 nitrogen and oxygen atoms in total. The molecule has 2 aliphatic rings. The molecule has 1 saturated carbocycles. The van der Waals surface area contributed by atoms with E-state index in [-0.39, 0.29) is 18.0 Å². The van der Waals surface area contributed by atoms with E-state index in [1.807, 2.05) is 0 Å². The molecule has 2 N–H and O–H groups in total. The predicted octanol–water partition coefficient (Wildman–Crippen LogP) is 2.81. The molecule has 1 heterocycles. The zero-order chi connectivity index (χ0) is 15.6. The molecular weight excluding hydrogens is 303 g/mol. The Bertz CT molecular complexity index is 493. The molecule has 122 valence electrons. The van der Waals surface area contributed by atoms with E-state index < -0.39 is 0 Å². The number of likely N-dealkylation sites (tertiary alicyclic amines) is 1. The number of piperidine rings is 1. The molecule has 0 spiro atoms. The van der Waals surface area contributed by atoms with E-state index >= 15 is 0 Å².